The SMILES string of the molecule is CCCC.CN1CC=CCC1. The molecule has 0 radical (unpaired) electrons. The molecule has 1 aliphatic rings. The van der Waals surface area contributed by atoms with Gasteiger partial charge in [0.05, 0.1) is 0 Å². The van der Waals surface area contributed by atoms with Gasteiger partial charge in [-0.2, -0.15) is 0 Å². The molecule has 0 aromatic heterocycles. The quantitative estimate of drug-likeness (QED) is 0.526. The van der Waals surface area contributed by atoms with Crippen LogP contribution in [-0.4, -0.2) is 25.0 Å². The first kappa shape index (κ1) is 10.7. The number of unbranched alkanes of at least 4 members (excludes halogenated alkanes) is 1. The van der Waals surface area contributed by atoms with E-state index in [1.54, 1.807) is 0 Å². The van der Waals surface area contributed by atoms with Gasteiger partial charge in [0, 0.05) is 13.1 Å². The van der Waals surface area contributed by atoms with Gasteiger partial charge < -0.3 is 4.90 Å². The lowest BCUT2D eigenvalue weighted by molar-refractivity contribution is 0.366. The van der Waals surface area contributed by atoms with Crippen LogP contribution in [0.1, 0.15) is 33.1 Å². The van der Waals surface area contributed by atoms with Gasteiger partial charge in [0.1, 0.15) is 0 Å². The molecule has 0 atom stereocenters. The van der Waals surface area contributed by atoms with E-state index in [2.05, 4.69) is 37.9 Å². The van der Waals surface area contributed by atoms with Gasteiger partial charge >= 0.3 is 0 Å². The molecule has 0 unspecified atom stereocenters. The Kier molecular flexibility index (Phi) is 7.59. The minimum Gasteiger partial charge on any atom is -0.302 e. The maximum absolute atomic E-state index is 2.31. The highest BCUT2D eigenvalue weighted by Gasteiger charge is 1.95. The number of hydrogen-bond acceptors (Lipinski definition) is 1. The third-order valence-electron chi connectivity index (χ3n) is 1.76. The van der Waals surface area contributed by atoms with E-state index in [4.69, 9.17) is 0 Å². The molecule has 0 saturated heterocycles. The van der Waals surface area contributed by atoms with Crippen molar-refractivity contribution in [3.63, 3.8) is 0 Å². The van der Waals surface area contributed by atoms with Gasteiger partial charge in [-0.25, -0.2) is 0 Å². The summed E-state index contributed by atoms with van der Waals surface area (Å²) < 4.78 is 0. The van der Waals surface area contributed by atoms with Crippen molar-refractivity contribution in [2.45, 2.75) is 33.1 Å². The number of hydrogen-bond donors (Lipinski definition) is 0. The lowest BCUT2D eigenvalue weighted by atomic mass is 10.3. The van der Waals surface area contributed by atoms with Gasteiger partial charge in [0.2, 0.25) is 0 Å². The van der Waals surface area contributed by atoms with Gasteiger partial charge in [-0.1, -0.05) is 38.8 Å². The van der Waals surface area contributed by atoms with Crippen LogP contribution < -0.4 is 0 Å². The Labute approximate surface area is 71.1 Å². The maximum atomic E-state index is 2.31. The highest BCUT2D eigenvalue weighted by molar-refractivity contribution is 4.89. The standard InChI is InChI=1S/C6H11N.C4H10/c1-7-5-3-2-4-6-7;1-3-4-2/h2-3H,4-6H2,1H3;3-4H2,1-2H3. The highest BCUT2D eigenvalue weighted by atomic mass is 15.1. The van der Waals surface area contributed by atoms with Crippen molar-refractivity contribution in [2.75, 3.05) is 20.1 Å². The summed E-state index contributed by atoms with van der Waals surface area (Å²) in [6.45, 7) is 6.73. The summed E-state index contributed by atoms with van der Waals surface area (Å²) in [5, 5.41) is 0. The Morgan fingerprint density at radius 1 is 1.18 bits per heavy atom. The van der Waals surface area contributed by atoms with E-state index in [1.807, 2.05) is 0 Å². The van der Waals surface area contributed by atoms with Crippen molar-refractivity contribution in [1.82, 2.24) is 4.90 Å². The summed E-state index contributed by atoms with van der Waals surface area (Å²) in [5.74, 6) is 0. The summed E-state index contributed by atoms with van der Waals surface area (Å²) in [7, 11) is 2.14. The molecule has 11 heavy (non-hydrogen) atoms. The molecule has 1 heteroatoms. The van der Waals surface area contributed by atoms with Crippen LogP contribution in [0.3, 0.4) is 0 Å². The second-order valence-corrected chi connectivity index (χ2v) is 3.02. The molecule has 0 aromatic carbocycles. The molecular weight excluding hydrogens is 134 g/mol. The van der Waals surface area contributed by atoms with E-state index < -0.39 is 0 Å². The first-order chi connectivity index (χ1) is 5.31. The number of rotatable bonds is 1. The van der Waals surface area contributed by atoms with Crippen LogP contribution in [0.4, 0.5) is 0 Å². The largest absolute Gasteiger partial charge is 0.302 e. The summed E-state index contributed by atoms with van der Waals surface area (Å²) in [5.41, 5.74) is 0. The molecule has 0 amide bonds. The van der Waals surface area contributed by atoms with Crippen molar-refractivity contribution in [2.24, 2.45) is 0 Å². The van der Waals surface area contributed by atoms with Gasteiger partial charge in [0.15, 0.2) is 0 Å². The van der Waals surface area contributed by atoms with E-state index >= 15 is 0 Å². The molecule has 0 N–H and O–H groups in total. The van der Waals surface area contributed by atoms with Gasteiger partial charge in [-0.15, -0.1) is 0 Å². The zero-order valence-electron chi connectivity index (χ0n) is 8.14. The summed E-state index contributed by atoms with van der Waals surface area (Å²) >= 11 is 0. The molecule has 1 nitrogen and oxygen atoms in total. The van der Waals surface area contributed by atoms with Crippen molar-refractivity contribution < 1.29 is 0 Å². The topological polar surface area (TPSA) is 3.24 Å². The highest BCUT2D eigenvalue weighted by Crippen LogP contribution is 1.95. The van der Waals surface area contributed by atoms with Gasteiger partial charge in [-0.05, 0) is 13.5 Å². The average Bonchev–Trinajstić information content (AvgIpc) is 2.07. The molecule has 1 aliphatic heterocycles. The van der Waals surface area contributed by atoms with E-state index in [0.717, 1.165) is 6.54 Å². The summed E-state index contributed by atoms with van der Waals surface area (Å²) in [4.78, 5) is 2.31. The molecule has 0 aliphatic carbocycles. The summed E-state index contributed by atoms with van der Waals surface area (Å²) in [6, 6.07) is 0. The van der Waals surface area contributed by atoms with Crippen LogP contribution >= 0.6 is 0 Å². The van der Waals surface area contributed by atoms with E-state index in [-0.39, 0.29) is 0 Å². The van der Waals surface area contributed by atoms with E-state index in [1.165, 1.54) is 25.8 Å². The lowest BCUT2D eigenvalue weighted by Crippen LogP contribution is -2.21. The Morgan fingerprint density at radius 2 is 1.82 bits per heavy atom. The minimum absolute atomic E-state index is 1.14. The Bertz CT molecular complexity index is 95.0. The third-order valence-corrected chi connectivity index (χ3v) is 1.76. The zero-order chi connectivity index (χ0) is 8.53. The second kappa shape index (κ2) is 7.80. The molecule has 66 valence electrons. The minimum atomic E-state index is 1.14. The van der Waals surface area contributed by atoms with Crippen LogP contribution in [0.15, 0.2) is 12.2 Å². The average molecular weight is 155 g/mol. The Balaban J connectivity index is 0.000000218. The molecule has 0 fully saturated rings. The van der Waals surface area contributed by atoms with Gasteiger partial charge in [-0.3, -0.25) is 0 Å². The normalized spacial score (nSPS) is 17.4. The molecule has 0 saturated carbocycles. The van der Waals surface area contributed by atoms with E-state index in [9.17, 15) is 0 Å². The fraction of sp³-hybridized carbons (Fsp3) is 0.800. The first-order valence-electron chi connectivity index (χ1n) is 4.64. The van der Waals surface area contributed by atoms with Crippen molar-refractivity contribution in [3.05, 3.63) is 12.2 Å². The van der Waals surface area contributed by atoms with Crippen molar-refractivity contribution >= 4 is 0 Å². The monoisotopic (exact) mass is 155 g/mol. The van der Waals surface area contributed by atoms with Crippen molar-refractivity contribution in [3.8, 4) is 0 Å². The first-order valence-corrected chi connectivity index (χ1v) is 4.64. The van der Waals surface area contributed by atoms with Crippen LogP contribution in [-0.2, 0) is 0 Å². The zero-order valence-corrected chi connectivity index (χ0v) is 8.14. The smallest absolute Gasteiger partial charge is 0.0160 e. The predicted octanol–water partition coefficient (Wildman–Crippen LogP) is 2.68. The van der Waals surface area contributed by atoms with Crippen molar-refractivity contribution in [1.29, 1.82) is 0 Å². The number of nitrogens with zero attached hydrogens (tertiary/aromatic N) is 1. The predicted molar refractivity (Wildman–Crippen MR) is 51.8 cm³/mol. The molecule has 0 spiro atoms. The van der Waals surface area contributed by atoms with E-state index in [0.29, 0.717) is 0 Å². The molecule has 0 bridgehead atoms. The molecular formula is C10H21N. The lowest BCUT2D eigenvalue weighted by Gasteiger charge is -2.15. The maximum Gasteiger partial charge on any atom is 0.0160 e. The van der Waals surface area contributed by atoms with Crippen LogP contribution in [0.2, 0.25) is 0 Å². The molecule has 0 aromatic rings. The number of likely N-dealkylation sites (N-methyl/N-ethyl adjacent to an activating group) is 1. The third kappa shape index (κ3) is 7.60. The van der Waals surface area contributed by atoms with Crippen LogP contribution in [0, 0.1) is 0 Å². The van der Waals surface area contributed by atoms with Crippen LogP contribution in [0.25, 0.3) is 0 Å². The fourth-order valence-corrected chi connectivity index (χ4v) is 0.759. The summed E-state index contributed by atoms with van der Waals surface area (Å²) in [6.07, 6.45) is 8.32. The van der Waals surface area contributed by atoms with Crippen LogP contribution in [0.5, 0.6) is 0 Å². The Morgan fingerprint density at radius 3 is 2.00 bits per heavy atom. The Hall–Kier alpha value is -0.300. The molecule has 1 rings (SSSR count). The molecule has 1 heterocycles. The van der Waals surface area contributed by atoms with Gasteiger partial charge in [0.25, 0.3) is 0 Å². The fourth-order valence-electron chi connectivity index (χ4n) is 0.759. The second-order valence-electron chi connectivity index (χ2n) is 3.02.